The van der Waals surface area contributed by atoms with Crippen LogP contribution in [-0.2, 0) is 9.63 Å². The van der Waals surface area contributed by atoms with Crippen molar-refractivity contribution in [3.63, 3.8) is 0 Å². The molecule has 0 aromatic rings. The van der Waals surface area contributed by atoms with Crippen LogP contribution in [0, 0.1) is 5.41 Å². The SMILES string of the molecule is CCCC(C)(C)C(=O)ON1CCCC1. The number of hydrogen-bond donors (Lipinski definition) is 0. The highest BCUT2D eigenvalue weighted by molar-refractivity contribution is 5.75. The third-order valence-corrected chi connectivity index (χ3v) is 2.70. The Hall–Kier alpha value is -0.570. The zero-order valence-corrected chi connectivity index (χ0v) is 9.51. The predicted molar refractivity (Wildman–Crippen MR) is 55.6 cm³/mol. The molecular weight excluding hydrogens is 178 g/mol. The summed E-state index contributed by atoms with van der Waals surface area (Å²) in [5.74, 6) is -0.0822. The second-order valence-corrected chi connectivity index (χ2v) is 4.65. The van der Waals surface area contributed by atoms with Crippen molar-refractivity contribution in [2.75, 3.05) is 13.1 Å². The number of carbonyl (C=O) groups is 1. The Bertz CT molecular complexity index is 195. The van der Waals surface area contributed by atoms with Crippen molar-refractivity contribution >= 4 is 5.97 Å². The Morgan fingerprint density at radius 1 is 1.36 bits per heavy atom. The van der Waals surface area contributed by atoms with E-state index >= 15 is 0 Å². The van der Waals surface area contributed by atoms with Crippen LogP contribution >= 0.6 is 0 Å². The fourth-order valence-electron chi connectivity index (χ4n) is 1.75. The molecule has 0 bridgehead atoms. The first-order valence-electron chi connectivity index (χ1n) is 5.53. The molecular formula is C11H21NO2. The van der Waals surface area contributed by atoms with Gasteiger partial charge in [-0.15, -0.1) is 5.06 Å². The first-order chi connectivity index (χ1) is 6.56. The summed E-state index contributed by atoms with van der Waals surface area (Å²) >= 11 is 0. The molecule has 82 valence electrons. The number of hydrogen-bond acceptors (Lipinski definition) is 3. The van der Waals surface area contributed by atoms with Gasteiger partial charge in [0.2, 0.25) is 0 Å². The zero-order chi connectivity index (χ0) is 10.6. The van der Waals surface area contributed by atoms with Gasteiger partial charge < -0.3 is 4.84 Å². The molecule has 0 atom stereocenters. The van der Waals surface area contributed by atoms with E-state index in [9.17, 15) is 4.79 Å². The molecule has 0 amide bonds. The van der Waals surface area contributed by atoms with Crippen molar-refractivity contribution in [3.8, 4) is 0 Å². The van der Waals surface area contributed by atoms with E-state index in [4.69, 9.17) is 4.84 Å². The van der Waals surface area contributed by atoms with Crippen LogP contribution in [0.5, 0.6) is 0 Å². The van der Waals surface area contributed by atoms with E-state index in [1.54, 1.807) is 5.06 Å². The maximum atomic E-state index is 11.7. The first-order valence-corrected chi connectivity index (χ1v) is 5.53. The average Bonchev–Trinajstić information content (AvgIpc) is 2.56. The van der Waals surface area contributed by atoms with Crippen LogP contribution in [0.4, 0.5) is 0 Å². The molecule has 0 spiro atoms. The number of hydroxylamine groups is 2. The highest BCUT2D eigenvalue weighted by Gasteiger charge is 2.30. The molecule has 0 unspecified atom stereocenters. The van der Waals surface area contributed by atoms with Crippen molar-refractivity contribution in [2.45, 2.75) is 46.5 Å². The van der Waals surface area contributed by atoms with Gasteiger partial charge in [0.05, 0.1) is 5.41 Å². The molecule has 1 aliphatic rings. The molecule has 1 rings (SSSR count). The van der Waals surface area contributed by atoms with Gasteiger partial charge in [0.1, 0.15) is 0 Å². The van der Waals surface area contributed by atoms with Crippen LogP contribution in [0.3, 0.4) is 0 Å². The van der Waals surface area contributed by atoms with E-state index in [1.807, 2.05) is 13.8 Å². The lowest BCUT2D eigenvalue weighted by molar-refractivity contribution is -0.196. The molecule has 0 saturated carbocycles. The smallest absolute Gasteiger partial charge is 0.330 e. The molecule has 1 heterocycles. The lowest BCUT2D eigenvalue weighted by Gasteiger charge is -2.24. The normalized spacial score (nSPS) is 18.5. The molecule has 1 saturated heterocycles. The average molecular weight is 199 g/mol. The summed E-state index contributed by atoms with van der Waals surface area (Å²) in [5, 5.41) is 1.79. The third-order valence-electron chi connectivity index (χ3n) is 2.70. The second kappa shape index (κ2) is 4.78. The Balaban J connectivity index is 2.39. The summed E-state index contributed by atoms with van der Waals surface area (Å²) in [6.07, 6.45) is 4.19. The van der Waals surface area contributed by atoms with Crippen LogP contribution in [-0.4, -0.2) is 24.1 Å². The van der Waals surface area contributed by atoms with E-state index in [-0.39, 0.29) is 11.4 Å². The zero-order valence-electron chi connectivity index (χ0n) is 9.51. The Labute approximate surface area is 86.4 Å². The van der Waals surface area contributed by atoms with Gasteiger partial charge in [-0.3, -0.25) is 0 Å². The van der Waals surface area contributed by atoms with Crippen molar-refractivity contribution in [3.05, 3.63) is 0 Å². The second-order valence-electron chi connectivity index (χ2n) is 4.65. The van der Waals surface area contributed by atoms with E-state index in [2.05, 4.69) is 6.92 Å². The van der Waals surface area contributed by atoms with Crippen LogP contribution in [0.15, 0.2) is 0 Å². The largest absolute Gasteiger partial charge is 0.367 e. The van der Waals surface area contributed by atoms with E-state index in [0.717, 1.165) is 38.8 Å². The summed E-state index contributed by atoms with van der Waals surface area (Å²) < 4.78 is 0. The van der Waals surface area contributed by atoms with Crippen molar-refractivity contribution in [1.29, 1.82) is 0 Å². The fraction of sp³-hybridized carbons (Fsp3) is 0.909. The number of carbonyl (C=O) groups excluding carboxylic acids is 1. The molecule has 1 fully saturated rings. The minimum absolute atomic E-state index is 0.0822. The molecule has 0 aromatic heterocycles. The van der Waals surface area contributed by atoms with Gasteiger partial charge in [-0.25, -0.2) is 4.79 Å². The van der Waals surface area contributed by atoms with E-state index in [0.29, 0.717) is 0 Å². The van der Waals surface area contributed by atoms with Crippen molar-refractivity contribution in [1.82, 2.24) is 5.06 Å². The quantitative estimate of drug-likeness (QED) is 0.696. The highest BCUT2D eigenvalue weighted by atomic mass is 16.7. The molecule has 14 heavy (non-hydrogen) atoms. The van der Waals surface area contributed by atoms with Crippen LogP contribution in [0.1, 0.15) is 46.5 Å². The number of rotatable bonds is 4. The minimum Gasteiger partial charge on any atom is -0.367 e. The summed E-state index contributed by atoms with van der Waals surface area (Å²) in [4.78, 5) is 17.1. The molecule has 3 heteroatoms. The van der Waals surface area contributed by atoms with Gasteiger partial charge >= 0.3 is 5.97 Å². The van der Waals surface area contributed by atoms with Crippen LogP contribution in [0.2, 0.25) is 0 Å². The fourth-order valence-corrected chi connectivity index (χ4v) is 1.75. The maximum absolute atomic E-state index is 11.7. The molecule has 0 N–H and O–H groups in total. The Morgan fingerprint density at radius 2 is 1.93 bits per heavy atom. The predicted octanol–water partition coefficient (Wildman–Crippen LogP) is 2.37. The lowest BCUT2D eigenvalue weighted by Crippen LogP contribution is -2.33. The summed E-state index contributed by atoms with van der Waals surface area (Å²) in [6.45, 7) is 7.79. The van der Waals surface area contributed by atoms with Crippen molar-refractivity contribution < 1.29 is 9.63 Å². The van der Waals surface area contributed by atoms with Gasteiger partial charge in [-0.1, -0.05) is 13.3 Å². The molecule has 0 aliphatic carbocycles. The summed E-state index contributed by atoms with van der Waals surface area (Å²) in [5.41, 5.74) is -0.336. The highest BCUT2D eigenvalue weighted by Crippen LogP contribution is 2.25. The molecule has 0 aromatic carbocycles. The van der Waals surface area contributed by atoms with Gasteiger partial charge in [-0.2, -0.15) is 0 Å². The molecule has 0 radical (unpaired) electrons. The van der Waals surface area contributed by atoms with Crippen LogP contribution in [0.25, 0.3) is 0 Å². The third kappa shape index (κ3) is 2.98. The Kier molecular flexibility index (Phi) is 3.93. The van der Waals surface area contributed by atoms with Gasteiger partial charge in [0.25, 0.3) is 0 Å². The first kappa shape index (κ1) is 11.5. The van der Waals surface area contributed by atoms with Gasteiger partial charge in [-0.05, 0) is 33.1 Å². The molecule has 3 nitrogen and oxygen atoms in total. The monoisotopic (exact) mass is 199 g/mol. The van der Waals surface area contributed by atoms with E-state index < -0.39 is 0 Å². The van der Waals surface area contributed by atoms with Crippen molar-refractivity contribution in [2.24, 2.45) is 5.41 Å². The topological polar surface area (TPSA) is 29.5 Å². The van der Waals surface area contributed by atoms with Gasteiger partial charge in [0.15, 0.2) is 0 Å². The van der Waals surface area contributed by atoms with E-state index in [1.165, 1.54) is 0 Å². The summed E-state index contributed by atoms with van der Waals surface area (Å²) in [7, 11) is 0. The maximum Gasteiger partial charge on any atom is 0.330 e. The number of nitrogens with zero attached hydrogens (tertiary/aromatic N) is 1. The lowest BCUT2D eigenvalue weighted by atomic mass is 9.88. The van der Waals surface area contributed by atoms with Crippen LogP contribution < -0.4 is 0 Å². The minimum atomic E-state index is -0.336. The Morgan fingerprint density at radius 3 is 2.43 bits per heavy atom. The molecule has 1 aliphatic heterocycles. The van der Waals surface area contributed by atoms with Gasteiger partial charge in [0, 0.05) is 13.1 Å². The summed E-state index contributed by atoms with van der Waals surface area (Å²) in [6, 6.07) is 0. The standard InChI is InChI=1S/C11H21NO2/c1-4-7-11(2,3)10(13)14-12-8-5-6-9-12/h4-9H2,1-3H3.